The first-order chi connectivity index (χ1) is 5.90. The van der Waals surface area contributed by atoms with Crippen molar-refractivity contribution in [1.29, 1.82) is 0 Å². The molecule has 13 heavy (non-hydrogen) atoms. The van der Waals surface area contributed by atoms with E-state index in [4.69, 9.17) is 0 Å². The first kappa shape index (κ1) is 10.6. The van der Waals surface area contributed by atoms with Crippen LogP contribution < -0.4 is 4.18 Å². The van der Waals surface area contributed by atoms with Gasteiger partial charge < -0.3 is 4.18 Å². The summed E-state index contributed by atoms with van der Waals surface area (Å²) in [6.07, 6.45) is 0. The molecule has 72 valence electrons. The standard InChI is InChI=1S/C6H3F2IO3S/c7-6-4(9)2-1-3-5(6)12-13(8,10)11/h1-3H. The fourth-order valence-electron chi connectivity index (χ4n) is 0.656. The average molecular weight is 320 g/mol. The van der Waals surface area contributed by atoms with Gasteiger partial charge in [0, 0.05) is 0 Å². The van der Waals surface area contributed by atoms with Gasteiger partial charge in [-0.15, -0.1) is 0 Å². The van der Waals surface area contributed by atoms with Crippen molar-refractivity contribution >= 4 is 33.1 Å². The Labute approximate surface area is 87.3 Å². The van der Waals surface area contributed by atoms with E-state index < -0.39 is 22.1 Å². The number of hydrogen-bond acceptors (Lipinski definition) is 3. The van der Waals surface area contributed by atoms with Gasteiger partial charge in [0.05, 0.1) is 3.57 Å². The van der Waals surface area contributed by atoms with Crippen molar-refractivity contribution in [2.75, 3.05) is 0 Å². The van der Waals surface area contributed by atoms with Crippen LogP contribution in [0.3, 0.4) is 0 Å². The Morgan fingerprint density at radius 1 is 1.38 bits per heavy atom. The molecule has 0 aliphatic heterocycles. The van der Waals surface area contributed by atoms with E-state index in [2.05, 4.69) is 4.18 Å². The minimum Gasteiger partial charge on any atom is -0.355 e. The van der Waals surface area contributed by atoms with Crippen LogP contribution in [0.2, 0.25) is 0 Å². The van der Waals surface area contributed by atoms with Gasteiger partial charge in [0.1, 0.15) is 0 Å². The molecule has 0 radical (unpaired) electrons. The van der Waals surface area contributed by atoms with Crippen LogP contribution in [0.1, 0.15) is 0 Å². The van der Waals surface area contributed by atoms with Crippen LogP contribution in [0.15, 0.2) is 18.2 Å². The molecule has 3 nitrogen and oxygen atoms in total. The number of hydrogen-bond donors (Lipinski definition) is 0. The Morgan fingerprint density at radius 3 is 2.54 bits per heavy atom. The van der Waals surface area contributed by atoms with E-state index in [0.717, 1.165) is 6.07 Å². The lowest BCUT2D eigenvalue weighted by Crippen LogP contribution is -2.03. The van der Waals surface area contributed by atoms with Gasteiger partial charge in [-0.1, -0.05) is 9.95 Å². The lowest BCUT2D eigenvalue weighted by molar-refractivity contribution is 0.422. The summed E-state index contributed by atoms with van der Waals surface area (Å²) in [5, 5.41) is 0. The first-order valence-electron chi connectivity index (χ1n) is 2.98. The van der Waals surface area contributed by atoms with Gasteiger partial charge in [-0.3, -0.25) is 0 Å². The highest BCUT2D eigenvalue weighted by atomic mass is 127. The second-order valence-corrected chi connectivity index (χ2v) is 4.14. The predicted octanol–water partition coefficient (Wildman–Crippen LogP) is 2.02. The van der Waals surface area contributed by atoms with Gasteiger partial charge in [0.15, 0.2) is 11.6 Å². The minimum absolute atomic E-state index is 0.152. The molecule has 0 aliphatic carbocycles. The Kier molecular flexibility index (Phi) is 3.06. The maximum Gasteiger partial charge on any atom is 0.488 e. The molecule has 0 bridgehead atoms. The first-order valence-corrected chi connectivity index (χ1v) is 5.37. The maximum atomic E-state index is 13.0. The molecule has 0 saturated carbocycles. The second kappa shape index (κ2) is 3.74. The number of benzene rings is 1. The van der Waals surface area contributed by atoms with E-state index in [-0.39, 0.29) is 3.57 Å². The number of halogens is 3. The van der Waals surface area contributed by atoms with Crippen molar-refractivity contribution < 1.29 is 20.9 Å². The van der Waals surface area contributed by atoms with Crippen molar-refractivity contribution in [2.24, 2.45) is 0 Å². The summed E-state index contributed by atoms with van der Waals surface area (Å²) in [7, 11) is -5.16. The Hall–Kier alpha value is -0.440. The molecule has 0 aliphatic rings. The fraction of sp³-hybridized carbons (Fsp3) is 0. The molecule has 7 heteroatoms. The van der Waals surface area contributed by atoms with Crippen LogP contribution in [0.4, 0.5) is 8.28 Å². The summed E-state index contributed by atoms with van der Waals surface area (Å²) in [5.41, 5.74) is 0. The molecule has 1 aromatic rings. The smallest absolute Gasteiger partial charge is 0.355 e. The lowest BCUT2D eigenvalue weighted by Gasteiger charge is -2.01. The Morgan fingerprint density at radius 2 is 2.00 bits per heavy atom. The Bertz CT molecular complexity index is 418. The molecule has 1 aromatic carbocycles. The van der Waals surface area contributed by atoms with Gasteiger partial charge in [0.25, 0.3) is 0 Å². The van der Waals surface area contributed by atoms with Crippen molar-refractivity contribution in [2.45, 2.75) is 0 Å². The zero-order chi connectivity index (χ0) is 10.1. The molecule has 1 rings (SSSR count). The third kappa shape index (κ3) is 3.07. The van der Waals surface area contributed by atoms with Crippen molar-refractivity contribution in [3.63, 3.8) is 0 Å². The molecule has 0 heterocycles. The molecule has 0 fully saturated rings. The number of rotatable bonds is 2. The van der Waals surface area contributed by atoms with Crippen LogP contribution in [0, 0.1) is 9.39 Å². The quantitative estimate of drug-likeness (QED) is 0.619. The molecular formula is C6H3F2IO3S. The zero-order valence-corrected chi connectivity index (χ0v) is 8.97. The molecule has 0 aromatic heterocycles. The normalized spacial score (nSPS) is 11.3. The topological polar surface area (TPSA) is 43.4 Å². The van der Waals surface area contributed by atoms with Gasteiger partial charge in [0.2, 0.25) is 0 Å². The Balaban J connectivity index is 3.10. The molecule has 0 spiro atoms. The molecule has 0 N–H and O–H groups in total. The molecular weight excluding hydrogens is 317 g/mol. The second-order valence-electron chi connectivity index (χ2n) is 2.03. The van der Waals surface area contributed by atoms with Crippen LogP contribution in [-0.4, -0.2) is 8.42 Å². The molecule has 0 saturated heterocycles. The summed E-state index contributed by atoms with van der Waals surface area (Å²) in [6.45, 7) is 0. The monoisotopic (exact) mass is 320 g/mol. The van der Waals surface area contributed by atoms with Crippen molar-refractivity contribution in [1.82, 2.24) is 0 Å². The largest absolute Gasteiger partial charge is 0.488 e. The van der Waals surface area contributed by atoms with E-state index >= 15 is 0 Å². The summed E-state index contributed by atoms with van der Waals surface area (Å²) < 4.78 is 48.8. The van der Waals surface area contributed by atoms with Crippen LogP contribution >= 0.6 is 22.6 Å². The maximum absolute atomic E-state index is 13.0. The van der Waals surface area contributed by atoms with Crippen molar-refractivity contribution in [3.8, 4) is 5.75 Å². The average Bonchev–Trinajstić information content (AvgIpc) is 1.96. The summed E-state index contributed by atoms with van der Waals surface area (Å²) in [5.74, 6) is -1.54. The summed E-state index contributed by atoms with van der Waals surface area (Å²) >= 11 is 1.63. The third-order valence-electron chi connectivity index (χ3n) is 1.11. The van der Waals surface area contributed by atoms with Gasteiger partial charge >= 0.3 is 10.5 Å². The van der Waals surface area contributed by atoms with Gasteiger partial charge in [-0.05, 0) is 34.7 Å². The van der Waals surface area contributed by atoms with Crippen molar-refractivity contribution in [3.05, 3.63) is 27.6 Å². The van der Waals surface area contributed by atoms with E-state index in [1.54, 1.807) is 22.6 Å². The lowest BCUT2D eigenvalue weighted by atomic mass is 10.3. The fourth-order valence-corrected chi connectivity index (χ4v) is 1.47. The van der Waals surface area contributed by atoms with Gasteiger partial charge in [-0.25, -0.2) is 4.39 Å². The SMILES string of the molecule is O=S(=O)(F)Oc1cccc(I)c1F. The highest BCUT2D eigenvalue weighted by molar-refractivity contribution is 14.1. The van der Waals surface area contributed by atoms with E-state index in [0.29, 0.717) is 0 Å². The van der Waals surface area contributed by atoms with Crippen LogP contribution in [0.5, 0.6) is 5.75 Å². The van der Waals surface area contributed by atoms with E-state index in [1.165, 1.54) is 12.1 Å². The van der Waals surface area contributed by atoms with Gasteiger partial charge in [-0.2, -0.15) is 8.42 Å². The highest BCUT2D eigenvalue weighted by Gasteiger charge is 2.14. The van der Waals surface area contributed by atoms with Crippen LogP contribution in [0.25, 0.3) is 0 Å². The summed E-state index contributed by atoms with van der Waals surface area (Å²) in [6, 6.07) is 3.77. The van der Waals surface area contributed by atoms with E-state index in [1.807, 2.05) is 0 Å². The zero-order valence-electron chi connectivity index (χ0n) is 6.00. The highest BCUT2D eigenvalue weighted by Crippen LogP contribution is 2.23. The molecule has 0 unspecified atom stereocenters. The summed E-state index contributed by atoms with van der Waals surface area (Å²) in [4.78, 5) is 0. The van der Waals surface area contributed by atoms with Crippen LogP contribution in [-0.2, 0) is 10.5 Å². The predicted molar refractivity (Wildman–Crippen MR) is 49.8 cm³/mol. The molecule has 0 atom stereocenters. The minimum atomic E-state index is -5.16. The van der Waals surface area contributed by atoms with E-state index in [9.17, 15) is 16.7 Å². The molecule has 0 amide bonds. The third-order valence-corrected chi connectivity index (χ3v) is 2.32.